The Morgan fingerprint density at radius 1 is 0.864 bits per heavy atom. The fourth-order valence-corrected chi connectivity index (χ4v) is 1.78. The average Bonchev–Trinajstić information content (AvgIpc) is 2.51. The molecule has 0 saturated carbocycles. The van der Waals surface area contributed by atoms with E-state index in [1.807, 2.05) is 0 Å². The van der Waals surface area contributed by atoms with Crippen LogP contribution in [0.5, 0.6) is 0 Å². The van der Waals surface area contributed by atoms with Crippen molar-refractivity contribution in [2.45, 2.75) is 13.1 Å². The van der Waals surface area contributed by atoms with Gasteiger partial charge in [0.1, 0.15) is 0 Å². The minimum atomic E-state index is -0.669. The molecule has 122 valence electrons. The lowest BCUT2D eigenvalue weighted by atomic mass is 10.6. The Morgan fingerprint density at radius 3 is 1.64 bits per heavy atom. The molecule has 1 aromatic heterocycles. The average molecular weight is 311 g/mol. The number of ether oxygens (including phenoxy) is 2. The van der Waals surface area contributed by atoms with Gasteiger partial charge in [0, 0.05) is 7.05 Å². The van der Waals surface area contributed by atoms with E-state index in [0.717, 1.165) is 13.7 Å². The Morgan fingerprint density at radius 2 is 1.27 bits per heavy atom. The Bertz CT molecular complexity index is 629. The molecule has 0 aliphatic heterocycles. The van der Waals surface area contributed by atoms with E-state index in [-0.39, 0.29) is 26.3 Å². The lowest BCUT2D eigenvalue weighted by Crippen LogP contribution is -2.54. The second-order valence-corrected chi connectivity index (χ2v) is 4.44. The zero-order valence-corrected chi connectivity index (χ0v) is 12.7. The Hall–Kier alpha value is -2.19. The van der Waals surface area contributed by atoms with E-state index < -0.39 is 17.1 Å². The first-order valence-electron chi connectivity index (χ1n) is 6.82. The Balaban J connectivity index is 3.01. The number of aromatic nitrogens is 3. The summed E-state index contributed by atoms with van der Waals surface area (Å²) >= 11 is 0. The van der Waals surface area contributed by atoms with Crippen LogP contribution in [0.3, 0.4) is 0 Å². The van der Waals surface area contributed by atoms with E-state index in [1.54, 1.807) is 12.2 Å². The Kier molecular flexibility index (Phi) is 7.27. The SMILES string of the molecule is C=CCOCCn1c(=O)n(C)c(=O)n(CCOCC=C)c1=O. The van der Waals surface area contributed by atoms with Crippen molar-refractivity contribution in [3.05, 3.63) is 56.8 Å². The predicted molar refractivity (Wildman–Crippen MR) is 82.2 cm³/mol. The molecule has 0 aliphatic rings. The van der Waals surface area contributed by atoms with Crippen LogP contribution in [0.1, 0.15) is 0 Å². The largest absolute Gasteiger partial charge is 0.376 e. The van der Waals surface area contributed by atoms with Gasteiger partial charge in [-0.25, -0.2) is 28.1 Å². The van der Waals surface area contributed by atoms with Crippen LogP contribution in [0, 0.1) is 0 Å². The molecular formula is C14H21N3O5. The number of nitrogens with zero attached hydrogens (tertiary/aromatic N) is 3. The van der Waals surface area contributed by atoms with Crippen LogP contribution < -0.4 is 17.1 Å². The third-order valence-corrected chi connectivity index (χ3v) is 2.89. The molecule has 8 heteroatoms. The highest BCUT2D eigenvalue weighted by Crippen LogP contribution is 1.81. The number of rotatable bonds is 10. The summed E-state index contributed by atoms with van der Waals surface area (Å²) in [6.07, 6.45) is 3.14. The fourth-order valence-electron chi connectivity index (χ4n) is 1.78. The van der Waals surface area contributed by atoms with Crippen LogP contribution in [0.2, 0.25) is 0 Å². The molecule has 8 nitrogen and oxygen atoms in total. The normalized spacial score (nSPS) is 10.6. The molecule has 0 fully saturated rings. The van der Waals surface area contributed by atoms with Gasteiger partial charge in [0.05, 0.1) is 39.5 Å². The van der Waals surface area contributed by atoms with Gasteiger partial charge in [-0.15, -0.1) is 13.2 Å². The molecule has 0 aliphatic carbocycles. The van der Waals surface area contributed by atoms with Gasteiger partial charge in [0.25, 0.3) is 0 Å². The summed E-state index contributed by atoms with van der Waals surface area (Å²) < 4.78 is 13.2. The molecule has 0 aromatic carbocycles. The highest BCUT2D eigenvalue weighted by Gasteiger charge is 2.12. The molecule has 22 heavy (non-hydrogen) atoms. The van der Waals surface area contributed by atoms with E-state index in [0.29, 0.717) is 13.2 Å². The lowest BCUT2D eigenvalue weighted by molar-refractivity contribution is 0.143. The molecule has 0 unspecified atom stereocenters. The lowest BCUT2D eigenvalue weighted by Gasteiger charge is -2.11. The third kappa shape index (κ3) is 4.40. The van der Waals surface area contributed by atoms with Crippen molar-refractivity contribution in [3.8, 4) is 0 Å². The maximum Gasteiger partial charge on any atom is 0.336 e. The van der Waals surface area contributed by atoms with Gasteiger partial charge < -0.3 is 9.47 Å². The Labute approximate surface area is 127 Å². The van der Waals surface area contributed by atoms with Crippen molar-refractivity contribution in [1.29, 1.82) is 0 Å². The maximum absolute atomic E-state index is 12.3. The summed E-state index contributed by atoms with van der Waals surface area (Å²) in [6.45, 7) is 8.12. The van der Waals surface area contributed by atoms with E-state index in [1.165, 1.54) is 7.05 Å². The van der Waals surface area contributed by atoms with Gasteiger partial charge in [-0.2, -0.15) is 0 Å². The van der Waals surface area contributed by atoms with Gasteiger partial charge in [0.15, 0.2) is 0 Å². The standard InChI is InChI=1S/C14H21N3O5/c1-4-8-21-10-6-16-12(18)15(3)13(19)17(14(16)20)7-11-22-9-5-2/h4-5H,1-2,6-11H2,3H3. The van der Waals surface area contributed by atoms with Crippen molar-refractivity contribution in [1.82, 2.24) is 13.7 Å². The summed E-state index contributed by atoms with van der Waals surface area (Å²) in [5.41, 5.74) is -2.00. The summed E-state index contributed by atoms with van der Waals surface area (Å²) in [4.78, 5) is 36.2. The number of hydrogen-bond donors (Lipinski definition) is 0. The zero-order valence-electron chi connectivity index (χ0n) is 12.7. The summed E-state index contributed by atoms with van der Waals surface area (Å²) in [5.74, 6) is 0. The monoisotopic (exact) mass is 311 g/mol. The van der Waals surface area contributed by atoms with E-state index in [2.05, 4.69) is 13.2 Å². The molecule has 1 heterocycles. The quantitative estimate of drug-likeness (QED) is 0.413. The van der Waals surface area contributed by atoms with Crippen LogP contribution in [0.4, 0.5) is 0 Å². The van der Waals surface area contributed by atoms with Crippen molar-refractivity contribution in [2.75, 3.05) is 26.4 Å². The molecule has 1 aromatic rings. The van der Waals surface area contributed by atoms with Crippen LogP contribution in [0.25, 0.3) is 0 Å². The molecular weight excluding hydrogens is 290 g/mol. The minimum Gasteiger partial charge on any atom is -0.376 e. The molecule has 1 rings (SSSR count). The van der Waals surface area contributed by atoms with Crippen LogP contribution >= 0.6 is 0 Å². The van der Waals surface area contributed by atoms with Crippen molar-refractivity contribution < 1.29 is 9.47 Å². The van der Waals surface area contributed by atoms with Crippen molar-refractivity contribution >= 4 is 0 Å². The van der Waals surface area contributed by atoms with Crippen LogP contribution in [0.15, 0.2) is 39.7 Å². The third-order valence-electron chi connectivity index (χ3n) is 2.89. The summed E-state index contributed by atoms with van der Waals surface area (Å²) in [6, 6.07) is 0. The molecule has 0 bridgehead atoms. The van der Waals surface area contributed by atoms with E-state index in [9.17, 15) is 14.4 Å². The summed E-state index contributed by atoms with van der Waals surface area (Å²) in [7, 11) is 1.33. The van der Waals surface area contributed by atoms with Gasteiger partial charge in [-0.05, 0) is 0 Å². The maximum atomic E-state index is 12.3. The van der Waals surface area contributed by atoms with Crippen molar-refractivity contribution in [2.24, 2.45) is 7.05 Å². The van der Waals surface area contributed by atoms with Crippen LogP contribution in [-0.4, -0.2) is 40.1 Å². The van der Waals surface area contributed by atoms with Gasteiger partial charge in [0.2, 0.25) is 0 Å². The molecule has 0 saturated heterocycles. The first kappa shape index (κ1) is 17.9. The molecule has 0 atom stereocenters. The second-order valence-electron chi connectivity index (χ2n) is 4.44. The van der Waals surface area contributed by atoms with E-state index >= 15 is 0 Å². The zero-order chi connectivity index (χ0) is 16.5. The molecule has 0 N–H and O–H groups in total. The minimum absolute atomic E-state index is 0.0626. The topological polar surface area (TPSA) is 84.5 Å². The van der Waals surface area contributed by atoms with Crippen LogP contribution in [-0.2, 0) is 29.6 Å². The molecule has 0 spiro atoms. The van der Waals surface area contributed by atoms with Gasteiger partial charge in [-0.1, -0.05) is 12.2 Å². The second kappa shape index (κ2) is 8.96. The summed E-state index contributed by atoms with van der Waals surface area (Å²) in [5, 5.41) is 0. The first-order chi connectivity index (χ1) is 10.5. The van der Waals surface area contributed by atoms with Gasteiger partial charge in [-0.3, -0.25) is 0 Å². The molecule has 0 amide bonds. The number of hydrogen-bond acceptors (Lipinski definition) is 5. The highest BCUT2D eigenvalue weighted by atomic mass is 16.5. The smallest absolute Gasteiger partial charge is 0.336 e. The predicted octanol–water partition coefficient (Wildman–Crippen LogP) is -0.886. The van der Waals surface area contributed by atoms with Gasteiger partial charge >= 0.3 is 17.1 Å². The fraction of sp³-hybridized carbons (Fsp3) is 0.500. The first-order valence-corrected chi connectivity index (χ1v) is 6.82. The van der Waals surface area contributed by atoms with E-state index in [4.69, 9.17) is 9.47 Å². The highest BCUT2D eigenvalue weighted by molar-refractivity contribution is 4.78. The molecule has 0 radical (unpaired) electrons. The van der Waals surface area contributed by atoms with Crippen molar-refractivity contribution in [3.63, 3.8) is 0 Å².